The first-order valence-electron chi connectivity index (χ1n) is 9.17. The molecular formula is C19H27N5O2. The van der Waals surface area contributed by atoms with Crippen LogP contribution in [0.2, 0.25) is 0 Å². The van der Waals surface area contributed by atoms with Crippen molar-refractivity contribution < 1.29 is 9.90 Å². The second-order valence-electron chi connectivity index (χ2n) is 7.20. The summed E-state index contributed by atoms with van der Waals surface area (Å²) in [6.45, 7) is 6.06. The molecular weight excluding hydrogens is 330 g/mol. The number of aliphatic hydroxyl groups excluding tert-OH is 1. The van der Waals surface area contributed by atoms with Crippen LogP contribution in [-0.4, -0.2) is 38.0 Å². The first-order valence-corrected chi connectivity index (χ1v) is 9.17. The Labute approximate surface area is 153 Å². The third kappa shape index (κ3) is 4.22. The molecule has 0 spiro atoms. The van der Waals surface area contributed by atoms with Crippen LogP contribution in [-0.2, 0) is 0 Å². The minimum absolute atomic E-state index is 0.170. The number of hydrogen-bond donors (Lipinski definition) is 3. The molecule has 140 valence electrons. The van der Waals surface area contributed by atoms with Crippen LogP contribution in [0.1, 0.15) is 56.7 Å². The third-order valence-corrected chi connectivity index (χ3v) is 4.78. The molecule has 1 aromatic carbocycles. The molecule has 1 aliphatic carbocycles. The topological polar surface area (TPSA) is 92.1 Å². The zero-order valence-electron chi connectivity index (χ0n) is 15.5. The van der Waals surface area contributed by atoms with Gasteiger partial charge < -0.3 is 15.7 Å². The molecule has 1 aromatic heterocycles. The van der Waals surface area contributed by atoms with E-state index in [-0.39, 0.29) is 24.0 Å². The van der Waals surface area contributed by atoms with E-state index in [4.69, 9.17) is 0 Å². The normalized spacial score (nSPS) is 23.0. The standard InChI is InChI=1S/C19H27N5O2/c1-12(2)24-18(20-13(3)23-24)14-9-10-17(25)16(11-14)22-19(26)21-15-7-5-4-6-8-15/h4-8,12,14,16-17,25H,9-11H2,1-3H3,(H2,21,22,26)/t14-,16+,17+/m0/s1. The average molecular weight is 357 g/mol. The number of amides is 2. The van der Waals surface area contributed by atoms with Gasteiger partial charge in [0.1, 0.15) is 11.6 Å². The lowest BCUT2D eigenvalue weighted by atomic mass is 9.83. The lowest BCUT2D eigenvalue weighted by molar-refractivity contribution is 0.0859. The van der Waals surface area contributed by atoms with Crippen LogP contribution in [0.3, 0.4) is 0 Å². The van der Waals surface area contributed by atoms with Crippen LogP contribution >= 0.6 is 0 Å². The molecule has 0 unspecified atom stereocenters. The quantitative estimate of drug-likeness (QED) is 0.784. The predicted octanol–water partition coefficient (Wildman–Crippen LogP) is 2.99. The maximum Gasteiger partial charge on any atom is 0.319 e. The van der Waals surface area contributed by atoms with E-state index in [9.17, 15) is 9.90 Å². The van der Waals surface area contributed by atoms with Gasteiger partial charge in [-0.1, -0.05) is 18.2 Å². The molecule has 0 bridgehead atoms. The van der Waals surface area contributed by atoms with Crippen LogP contribution in [0.25, 0.3) is 0 Å². The smallest absolute Gasteiger partial charge is 0.319 e. The van der Waals surface area contributed by atoms with Crippen LogP contribution in [0.5, 0.6) is 0 Å². The predicted molar refractivity (Wildman–Crippen MR) is 100 cm³/mol. The number of aliphatic hydroxyl groups is 1. The summed E-state index contributed by atoms with van der Waals surface area (Å²) < 4.78 is 1.96. The highest BCUT2D eigenvalue weighted by atomic mass is 16.3. The summed E-state index contributed by atoms with van der Waals surface area (Å²) in [6, 6.07) is 8.89. The van der Waals surface area contributed by atoms with Gasteiger partial charge in [0.05, 0.1) is 12.1 Å². The van der Waals surface area contributed by atoms with E-state index in [1.54, 1.807) is 0 Å². The molecule has 1 fully saturated rings. The number of aromatic nitrogens is 3. The van der Waals surface area contributed by atoms with Crippen molar-refractivity contribution in [2.45, 2.75) is 64.1 Å². The number of hydrogen-bond acceptors (Lipinski definition) is 4. The number of para-hydroxylation sites is 1. The summed E-state index contributed by atoms with van der Waals surface area (Å²) in [7, 11) is 0. The molecule has 3 atom stereocenters. The van der Waals surface area contributed by atoms with Gasteiger partial charge in [-0.2, -0.15) is 5.10 Å². The molecule has 1 heterocycles. The van der Waals surface area contributed by atoms with Gasteiger partial charge >= 0.3 is 6.03 Å². The molecule has 1 saturated carbocycles. The van der Waals surface area contributed by atoms with Crippen LogP contribution in [0, 0.1) is 6.92 Å². The van der Waals surface area contributed by atoms with E-state index in [0.29, 0.717) is 12.8 Å². The fourth-order valence-corrected chi connectivity index (χ4v) is 3.51. The highest BCUT2D eigenvalue weighted by Crippen LogP contribution is 2.33. The van der Waals surface area contributed by atoms with Crippen molar-refractivity contribution in [3.05, 3.63) is 42.0 Å². The minimum atomic E-state index is -0.552. The summed E-state index contributed by atoms with van der Waals surface area (Å²) in [6.07, 6.45) is 1.56. The Morgan fingerprint density at radius 1 is 1.27 bits per heavy atom. The number of nitrogens with zero attached hydrogens (tertiary/aromatic N) is 3. The Balaban J connectivity index is 1.67. The van der Waals surface area contributed by atoms with Crippen LogP contribution in [0.4, 0.5) is 10.5 Å². The SMILES string of the molecule is Cc1nc([C@H]2CC[C@@H](O)[C@H](NC(=O)Nc3ccccc3)C2)n(C(C)C)n1. The van der Waals surface area contributed by atoms with Crippen molar-refractivity contribution in [2.24, 2.45) is 0 Å². The van der Waals surface area contributed by atoms with E-state index in [1.807, 2.05) is 41.9 Å². The first-order chi connectivity index (χ1) is 12.4. The minimum Gasteiger partial charge on any atom is -0.391 e. The Morgan fingerprint density at radius 3 is 2.69 bits per heavy atom. The molecule has 0 radical (unpaired) electrons. The van der Waals surface area contributed by atoms with Crippen molar-refractivity contribution in [3.63, 3.8) is 0 Å². The summed E-state index contributed by atoms with van der Waals surface area (Å²) in [4.78, 5) is 16.9. The fraction of sp³-hybridized carbons (Fsp3) is 0.526. The second kappa shape index (κ2) is 7.86. The zero-order valence-corrected chi connectivity index (χ0v) is 15.5. The molecule has 2 amide bonds. The van der Waals surface area contributed by atoms with Crippen molar-refractivity contribution in [1.29, 1.82) is 0 Å². The monoisotopic (exact) mass is 357 g/mol. The first kappa shape index (κ1) is 18.4. The molecule has 3 N–H and O–H groups in total. The maximum atomic E-state index is 12.3. The van der Waals surface area contributed by atoms with Gasteiger partial charge in [0.15, 0.2) is 0 Å². The number of aryl methyl sites for hydroxylation is 1. The molecule has 26 heavy (non-hydrogen) atoms. The summed E-state index contributed by atoms with van der Waals surface area (Å²) >= 11 is 0. The van der Waals surface area contributed by atoms with E-state index < -0.39 is 6.10 Å². The molecule has 2 aromatic rings. The number of anilines is 1. The molecule has 0 aliphatic heterocycles. The Morgan fingerprint density at radius 2 is 2.00 bits per heavy atom. The van der Waals surface area contributed by atoms with Crippen molar-refractivity contribution >= 4 is 11.7 Å². The number of nitrogens with one attached hydrogen (secondary N) is 2. The second-order valence-corrected chi connectivity index (χ2v) is 7.20. The zero-order chi connectivity index (χ0) is 18.7. The average Bonchev–Trinajstić information content (AvgIpc) is 3.00. The molecule has 7 nitrogen and oxygen atoms in total. The summed E-state index contributed by atoms with van der Waals surface area (Å²) in [5, 5.41) is 20.6. The van der Waals surface area contributed by atoms with Gasteiger partial charge in [-0.15, -0.1) is 0 Å². The van der Waals surface area contributed by atoms with Gasteiger partial charge in [-0.25, -0.2) is 14.5 Å². The van der Waals surface area contributed by atoms with Gasteiger partial charge in [-0.05, 0) is 52.2 Å². The number of benzene rings is 1. The fourth-order valence-electron chi connectivity index (χ4n) is 3.51. The van der Waals surface area contributed by atoms with E-state index in [2.05, 4.69) is 34.6 Å². The van der Waals surface area contributed by atoms with E-state index in [1.165, 1.54) is 0 Å². The van der Waals surface area contributed by atoms with Crippen molar-refractivity contribution in [1.82, 2.24) is 20.1 Å². The van der Waals surface area contributed by atoms with Crippen LogP contribution < -0.4 is 10.6 Å². The number of carbonyl (C=O) groups is 1. The molecule has 0 saturated heterocycles. The summed E-state index contributed by atoms with van der Waals surface area (Å²) in [5.74, 6) is 1.87. The number of rotatable bonds is 4. The Bertz CT molecular complexity index is 744. The van der Waals surface area contributed by atoms with Gasteiger partial charge in [0.2, 0.25) is 0 Å². The molecule has 3 rings (SSSR count). The number of urea groups is 1. The highest BCUT2D eigenvalue weighted by molar-refractivity contribution is 5.89. The Hall–Kier alpha value is -2.41. The van der Waals surface area contributed by atoms with E-state index >= 15 is 0 Å². The molecule has 7 heteroatoms. The van der Waals surface area contributed by atoms with Gasteiger partial charge in [0, 0.05) is 17.6 Å². The third-order valence-electron chi connectivity index (χ3n) is 4.78. The largest absolute Gasteiger partial charge is 0.391 e. The van der Waals surface area contributed by atoms with Crippen molar-refractivity contribution in [2.75, 3.05) is 5.32 Å². The highest BCUT2D eigenvalue weighted by Gasteiger charge is 2.34. The lowest BCUT2D eigenvalue weighted by Crippen LogP contribution is -2.48. The summed E-state index contributed by atoms with van der Waals surface area (Å²) in [5.41, 5.74) is 0.724. The molecule has 1 aliphatic rings. The van der Waals surface area contributed by atoms with Gasteiger partial charge in [-0.3, -0.25) is 0 Å². The van der Waals surface area contributed by atoms with Crippen molar-refractivity contribution in [3.8, 4) is 0 Å². The lowest BCUT2D eigenvalue weighted by Gasteiger charge is -2.33. The Kier molecular flexibility index (Phi) is 5.56. The van der Waals surface area contributed by atoms with E-state index in [0.717, 1.165) is 23.8 Å². The maximum absolute atomic E-state index is 12.3. The number of carbonyl (C=O) groups excluding carboxylic acids is 1. The van der Waals surface area contributed by atoms with Gasteiger partial charge in [0.25, 0.3) is 0 Å². The van der Waals surface area contributed by atoms with Crippen LogP contribution in [0.15, 0.2) is 30.3 Å².